The molecule has 4 heteroatoms. The molecular weight excluding hydrogens is 346 g/mol. The lowest BCUT2D eigenvalue weighted by molar-refractivity contribution is -0.115. The predicted molar refractivity (Wildman–Crippen MR) is 99.7 cm³/mol. The molecule has 0 amide bonds. The van der Waals surface area contributed by atoms with Crippen LogP contribution in [0.15, 0.2) is 23.3 Å². The Labute approximate surface area is 160 Å². The highest BCUT2D eigenvalue weighted by Gasteiger charge is 2.59. The maximum Gasteiger partial charge on any atom is 0.269 e. The van der Waals surface area contributed by atoms with Gasteiger partial charge in [0.2, 0.25) is 0 Å². The van der Waals surface area contributed by atoms with E-state index in [1.165, 1.54) is 0 Å². The number of hydrogen-bond acceptors (Lipinski definition) is 2. The van der Waals surface area contributed by atoms with E-state index in [1.807, 2.05) is 0 Å². The van der Waals surface area contributed by atoms with Crippen LogP contribution < -0.4 is 0 Å². The monoisotopic (exact) mass is 374 g/mol. The van der Waals surface area contributed by atoms with Gasteiger partial charge in [-0.25, -0.2) is 0 Å². The number of halogens is 2. The zero-order chi connectivity index (χ0) is 19.2. The van der Waals surface area contributed by atoms with Crippen LogP contribution in [-0.4, -0.2) is 17.5 Å². The molecule has 3 saturated carbocycles. The molecule has 0 radical (unpaired) electrons. The van der Waals surface area contributed by atoms with Gasteiger partial charge in [0.15, 0.2) is 5.78 Å². The maximum atomic E-state index is 14.2. The van der Waals surface area contributed by atoms with Crippen molar-refractivity contribution in [3.8, 4) is 11.8 Å². The van der Waals surface area contributed by atoms with Crippen LogP contribution >= 0.6 is 0 Å². The summed E-state index contributed by atoms with van der Waals surface area (Å²) < 4.78 is 28.4. The number of allylic oxidation sites excluding steroid dienone is 2. The average molecular weight is 374 g/mol. The van der Waals surface area contributed by atoms with Crippen molar-refractivity contribution in [2.75, 3.05) is 6.61 Å². The minimum Gasteiger partial charge on any atom is -0.395 e. The van der Waals surface area contributed by atoms with Crippen LogP contribution in [0.2, 0.25) is 0 Å². The summed E-state index contributed by atoms with van der Waals surface area (Å²) in [7, 11) is 0. The van der Waals surface area contributed by atoms with E-state index in [2.05, 4.69) is 11.8 Å². The second-order valence-electron chi connectivity index (χ2n) is 8.88. The number of rotatable bonds is 2. The first-order chi connectivity index (χ1) is 13.0. The van der Waals surface area contributed by atoms with Crippen LogP contribution in [0, 0.1) is 46.8 Å². The fourth-order valence-corrected chi connectivity index (χ4v) is 7.05. The summed E-state index contributed by atoms with van der Waals surface area (Å²) in [5, 5.41) is 10.0. The van der Waals surface area contributed by atoms with Gasteiger partial charge in [-0.2, -0.15) is 8.78 Å². The number of carbonyl (C=O) groups is 1. The highest BCUT2D eigenvalue weighted by atomic mass is 19.3. The number of aliphatic hydroxyl groups is 1. The normalized spacial score (nSPS) is 38.7. The Morgan fingerprint density at radius 1 is 1.33 bits per heavy atom. The Bertz CT molecular complexity index is 752. The van der Waals surface area contributed by atoms with Gasteiger partial charge in [0.1, 0.15) is 0 Å². The van der Waals surface area contributed by atoms with E-state index >= 15 is 0 Å². The fourth-order valence-electron chi connectivity index (χ4n) is 7.05. The topological polar surface area (TPSA) is 37.3 Å². The molecule has 6 atom stereocenters. The molecule has 4 aliphatic rings. The molecule has 0 aliphatic heterocycles. The van der Waals surface area contributed by atoms with Crippen molar-refractivity contribution in [2.24, 2.45) is 35.0 Å². The first-order valence-corrected chi connectivity index (χ1v) is 10.3. The molecule has 1 N–H and O–H groups in total. The van der Waals surface area contributed by atoms with Gasteiger partial charge in [-0.15, -0.1) is 5.92 Å². The number of hydrogen-bond donors (Lipinski definition) is 1. The van der Waals surface area contributed by atoms with E-state index < -0.39 is 6.08 Å². The number of aliphatic hydroxyl groups excluding tert-OH is 1. The summed E-state index contributed by atoms with van der Waals surface area (Å²) in [4.78, 5) is 11.8. The van der Waals surface area contributed by atoms with E-state index in [9.17, 15) is 18.7 Å². The van der Waals surface area contributed by atoms with Gasteiger partial charge in [-0.1, -0.05) is 17.9 Å². The standard InChI is InChI=1S/C23H28F2O2/c1-2-4-15(13-26)23-10-3-5-20(23)18-8-6-14-11-16(27)7-9-17(14)21(18)19(12-23)22(24)25/h11,15,17-18,20-21,26H,3,5-10,12-13H2,1H3/t15?,17-,18-,20-,21+,23?/m0/s1. The van der Waals surface area contributed by atoms with Gasteiger partial charge in [-0.3, -0.25) is 4.79 Å². The van der Waals surface area contributed by atoms with Crippen molar-refractivity contribution in [1.29, 1.82) is 0 Å². The van der Waals surface area contributed by atoms with Gasteiger partial charge in [0.05, 0.1) is 6.61 Å². The van der Waals surface area contributed by atoms with Crippen molar-refractivity contribution in [1.82, 2.24) is 0 Å². The second-order valence-corrected chi connectivity index (χ2v) is 8.88. The number of fused-ring (bicyclic) bond motifs is 5. The van der Waals surface area contributed by atoms with Crippen molar-refractivity contribution < 1.29 is 18.7 Å². The molecule has 0 aromatic heterocycles. The first kappa shape index (κ1) is 18.9. The molecule has 0 heterocycles. The molecule has 0 saturated heterocycles. The largest absolute Gasteiger partial charge is 0.395 e. The van der Waals surface area contributed by atoms with Crippen molar-refractivity contribution >= 4 is 5.78 Å². The van der Waals surface area contributed by atoms with Crippen LogP contribution in [-0.2, 0) is 4.79 Å². The van der Waals surface area contributed by atoms with E-state index in [0.29, 0.717) is 30.8 Å². The Morgan fingerprint density at radius 2 is 2.15 bits per heavy atom. The summed E-state index contributed by atoms with van der Waals surface area (Å²) >= 11 is 0. The highest BCUT2D eigenvalue weighted by molar-refractivity contribution is 5.91. The molecule has 3 fully saturated rings. The lowest BCUT2D eigenvalue weighted by Gasteiger charge is -2.55. The number of carbonyl (C=O) groups excluding carboxylic acids is 1. The van der Waals surface area contributed by atoms with Crippen LogP contribution in [0.3, 0.4) is 0 Å². The minimum absolute atomic E-state index is 0.0566. The smallest absolute Gasteiger partial charge is 0.269 e. The molecule has 0 bridgehead atoms. The number of ketones is 1. The average Bonchev–Trinajstić information content (AvgIpc) is 3.09. The van der Waals surface area contributed by atoms with Crippen LogP contribution in [0.5, 0.6) is 0 Å². The lowest BCUT2D eigenvalue weighted by Crippen LogP contribution is -2.50. The molecule has 4 rings (SSSR count). The second kappa shape index (κ2) is 7.17. The SMILES string of the molecule is CC#CC(CO)C12CCC[C@H]1[C@@H]1CCC3=CC(=O)CC[C@@H]3[C@H]1C(=C(F)F)C2. The molecule has 0 aromatic carbocycles. The molecule has 2 nitrogen and oxygen atoms in total. The van der Waals surface area contributed by atoms with Gasteiger partial charge in [0.25, 0.3) is 6.08 Å². The summed E-state index contributed by atoms with van der Waals surface area (Å²) in [6.07, 6.45) is 6.45. The predicted octanol–water partition coefficient (Wildman–Crippen LogP) is 4.89. The Balaban J connectivity index is 1.79. The van der Waals surface area contributed by atoms with E-state index in [1.54, 1.807) is 13.0 Å². The molecule has 0 spiro atoms. The molecule has 146 valence electrons. The summed E-state index contributed by atoms with van der Waals surface area (Å²) in [5.41, 5.74) is 1.09. The molecule has 4 aliphatic carbocycles. The fraction of sp³-hybridized carbons (Fsp3) is 0.696. The zero-order valence-corrected chi connectivity index (χ0v) is 15.9. The highest BCUT2D eigenvalue weighted by Crippen LogP contribution is 2.66. The quantitative estimate of drug-likeness (QED) is 0.699. The molecular formula is C23H28F2O2. The van der Waals surface area contributed by atoms with Crippen LogP contribution in [0.25, 0.3) is 0 Å². The Hall–Kier alpha value is -1.47. The van der Waals surface area contributed by atoms with E-state index in [4.69, 9.17) is 0 Å². The third-order valence-corrected chi connectivity index (χ3v) is 7.96. The van der Waals surface area contributed by atoms with E-state index in [-0.39, 0.29) is 41.5 Å². The van der Waals surface area contributed by atoms with Crippen LogP contribution in [0.1, 0.15) is 58.3 Å². The Morgan fingerprint density at radius 3 is 2.85 bits per heavy atom. The Kier molecular flexibility index (Phi) is 5.01. The maximum absolute atomic E-state index is 14.2. The van der Waals surface area contributed by atoms with Gasteiger partial charge < -0.3 is 5.11 Å². The molecule has 0 aromatic rings. The summed E-state index contributed by atoms with van der Waals surface area (Å²) in [5.74, 6) is 6.55. The van der Waals surface area contributed by atoms with Crippen molar-refractivity contribution in [2.45, 2.75) is 58.3 Å². The summed E-state index contributed by atoms with van der Waals surface area (Å²) in [6, 6.07) is 0. The van der Waals surface area contributed by atoms with Crippen molar-refractivity contribution in [3.05, 3.63) is 23.3 Å². The molecule has 2 unspecified atom stereocenters. The van der Waals surface area contributed by atoms with Gasteiger partial charge >= 0.3 is 0 Å². The first-order valence-electron chi connectivity index (χ1n) is 10.3. The third kappa shape index (κ3) is 2.90. The van der Waals surface area contributed by atoms with Crippen molar-refractivity contribution in [3.63, 3.8) is 0 Å². The van der Waals surface area contributed by atoms with Gasteiger partial charge in [0, 0.05) is 12.3 Å². The lowest BCUT2D eigenvalue weighted by atomic mass is 9.48. The van der Waals surface area contributed by atoms with E-state index in [0.717, 1.165) is 37.7 Å². The zero-order valence-electron chi connectivity index (χ0n) is 15.9. The van der Waals surface area contributed by atoms with Gasteiger partial charge in [-0.05, 0) is 86.2 Å². The van der Waals surface area contributed by atoms with Crippen LogP contribution in [0.4, 0.5) is 8.78 Å². The third-order valence-electron chi connectivity index (χ3n) is 7.96. The minimum atomic E-state index is -1.53. The molecule has 27 heavy (non-hydrogen) atoms. The summed E-state index contributed by atoms with van der Waals surface area (Å²) in [6.45, 7) is 1.71.